The summed E-state index contributed by atoms with van der Waals surface area (Å²) in [4.78, 5) is 13.4. The number of H-pyrrole nitrogens is 1. The van der Waals surface area contributed by atoms with E-state index in [1.807, 2.05) is 6.07 Å². The standard InChI is InChI=1S/C14H11N3O5S/c1-7-8(2)21-13(10(7)6-15)17-23(19,20)9-3-4-11-12(5-9)22-14(18)16-11/h3-5,17H,1-2H3,(H,16,18). The molecule has 8 nitrogen and oxygen atoms in total. The van der Waals surface area contributed by atoms with Crippen molar-refractivity contribution < 1.29 is 17.3 Å². The molecule has 23 heavy (non-hydrogen) atoms. The number of sulfonamides is 1. The van der Waals surface area contributed by atoms with Crippen LogP contribution in [0, 0.1) is 25.2 Å². The van der Waals surface area contributed by atoms with Crippen molar-refractivity contribution in [3.63, 3.8) is 0 Å². The van der Waals surface area contributed by atoms with Gasteiger partial charge in [0, 0.05) is 11.6 Å². The van der Waals surface area contributed by atoms with Crippen molar-refractivity contribution in [2.75, 3.05) is 4.72 Å². The van der Waals surface area contributed by atoms with Gasteiger partial charge in [-0.2, -0.15) is 5.26 Å². The number of furan rings is 1. The van der Waals surface area contributed by atoms with Gasteiger partial charge in [-0.1, -0.05) is 0 Å². The van der Waals surface area contributed by atoms with Crippen LogP contribution in [0.3, 0.4) is 0 Å². The number of aryl methyl sites for hydroxylation is 1. The van der Waals surface area contributed by atoms with Crippen LogP contribution in [0.1, 0.15) is 16.9 Å². The summed E-state index contributed by atoms with van der Waals surface area (Å²) in [7, 11) is -4.00. The van der Waals surface area contributed by atoms with Crippen LogP contribution in [-0.4, -0.2) is 13.4 Å². The Bertz CT molecular complexity index is 1110. The molecular weight excluding hydrogens is 322 g/mol. The Morgan fingerprint density at radius 2 is 2.00 bits per heavy atom. The lowest BCUT2D eigenvalue weighted by Crippen LogP contribution is -2.13. The summed E-state index contributed by atoms with van der Waals surface area (Å²) >= 11 is 0. The maximum absolute atomic E-state index is 12.4. The molecule has 2 aromatic heterocycles. The first-order valence-corrected chi connectivity index (χ1v) is 7.96. The number of aromatic amines is 1. The largest absolute Gasteiger partial charge is 0.443 e. The van der Waals surface area contributed by atoms with Crippen LogP contribution in [0.4, 0.5) is 5.88 Å². The van der Waals surface area contributed by atoms with E-state index in [2.05, 4.69) is 9.71 Å². The Kier molecular flexibility index (Phi) is 3.26. The predicted molar refractivity (Wildman–Crippen MR) is 80.5 cm³/mol. The minimum atomic E-state index is -4.00. The molecule has 0 aliphatic rings. The Balaban J connectivity index is 2.05. The average molecular weight is 333 g/mol. The molecule has 2 heterocycles. The first-order chi connectivity index (χ1) is 10.8. The molecule has 0 aliphatic carbocycles. The fraction of sp³-hybridized carbons (Fsp3) is 0.143. The van der Waals surface area contributed by atoms with E-state index in [4.69, 9.17) is 14.1 Å². The zero-order valence-electron chi connectivity index (χ0n) is 12.1. The number of hydrogen-bond donors (Lipinski definition) is 2. The highest BCUT2D eigenvalue weighted by Crippen LogP contribution is 2.28. The second kappa shape index (κ2) is 5.03. The molecule has 1 aromatic carbocycles. The average Bonchev–Trinajstić information content (AvgIpc) is 2.97. The molecule has 9 heteroatoms. The van der Waals surface area contributed by atoms with E-state index in [9.17, 15) is 13.2 Å². The van der Waals surface area contributed by atoms with Gasteiger partial charge in [-0.3, -0.25) is 4.98 Å². The van der Waals surface area contributed by atoms with E-state index >= 15 is 0 Å². The van der Waals surface area contributed by atoms with Gasteiger partial charge in [0.15, 0.2) is 5.58 Å². The first-order valence-electron chi connectivity index (χ1n) is 6.47. The maximum atomic E-state index is 12.4. The number of aromatic nitrogens is 1. The topological polar surface area (TPSA) is 129 Å². The van der Waals surface area contributed by atoms with Crippen LogP contribution in [0.15, 0.2) is 36.7 Å². The van der Waals surface area contributed by atoms with E-state index in [1.165, 1.54) is 18.2 Å². The van der Waals surface area contributed by atoms with Gasteiger partial charge in [-0.25, -0.2) is 17.9 Å². The highest BCUT2D eigenvalue weighted by molar-refractivity contribution is 7.92. The van der Waals surface area contributed by atoms with E-state index in [1.54, 1.807) is 13.8 Å². The number of anilines is 1. The van der Waals surface area contributed by atoms with Crippen molar-refractivity contribution >= 4 is 27.0 Å². The van der Waals surface area contributed by atoms with Crippen molar-refractivity contribution in [1.82, 2.24) is 4.98 Å². The third-order valence-electron chi connectivity index (χ3n) is 3.43. The zero-order chi connectivity index (χ0) is 16.8. The molecule has 0 atom stereocenters. The molecule has 2 N–H and O–H groups in total. The molecule has 3 rings (SSSR count). The molecule has 0 spiro atoms. The first kappa shape index (κ1) is 14.9. The highest BCUT2D eigenvalue weighted by atomic mass is 32.2. The minimum absolute atomic E-state index is 0.116. The molecular formula is C14H11N3O5S. The second-order valence-corrected chi connectivity index (χ2v) is 6.56. The fourth-order valence-corrected chi connectivity index (χ4v) is 3.12. The Hall–Kier alpha value is -2.99. The predicted octanol–water partition coefficient (Wildman–Crippen LogP) is 2.00. The van der Waals surface area contributed by atoms with Gasteiger partial charge in [0.2, 0.25) is 5.88 Å². The van der Waals surface area contributed by atoms with E-state index in [-0.39, 0.29) is 21.9 Å². The van der Waals surface area contributed by atoms with Gasteiger partial charge in [0.05, 0.1) is 10.4 Å². The van der Waals surface area contributed by atoms with Gasteiger partial charge in [-0.05, 0) is 26.0 Å². The van der Waals surface area contributed by atoms with Crippen LogP contribution >= 0.6 is 0 Å². The summed E-state index contributed by atoms with van der Waals surface area (Å²) in [5.41, 5.74) is 1.19. The molecule has 0 amide bonds. The van der Waals surface area contributed by atoms with E-state index in [0.717, 1.165) is 0 Å². The summed E-state index contributed by atoms with van der Waals surface area (Å²) in [5.74, 6) is -0.365. The smallest absolute Gasteiger partial charge is 0.417 e. The second-order valence-electron chi connectivity index (χ2n) is 4.88. The summed E-state index contributed by atoms with van der Waals surface area (Å²) in [6.45, 7) is 3.30. The molecule has 0 fully saturated rings. The highest BCUT2D eigenvalue weighted by Gasteiger charge is 2.22. The molecule has 0 saturated carbocycles. The van der Waals surface area contributed by atoms with Crippen molar-refractivity contribution in [3.05, 3.63) is 45.6 Å². The third-order valence-corrected chi connectivity index (χ3v) is 4.76. The molecule has 118 valence electrons. The van der Waals surface area contributed by atoms with Crippen molar-refractivity contribution in [2.24, 2.45) is 0 Å². The van der Waals surface area contributed by atoms with Crippen LogP contribution in [0.2, 0.25) is 0 Å². The number of rotatable bonds is 3. The van der Waals surface area contributed by atoms with Crippen molar-refractivity contribution in [3.8, 4) is 6.07 Å². The number of nitrogens with zero attached hydrogens (tertiary/aromatic N) is 1. The zero-order valence-corrected chi connectivity index (χ0v) is 12.9. The SMILES string of the molecule is Cc1oc(NS(=O)(=O)c2ccc3[nH]c(=O)oc3c2)c(C#N)c1C. The van der Waals surface area contributed by atoms with Crippen molar-refractivity contribution in [1.29, 1.82) is 5.26 Å². The van der Waals surface area contributed by atoms with Crippen LogP contribution < -0.4 is 10.5 Å². The summed E-state index contributed by atoms with van der Waals surface area (Å²) < 4.78 is 37.2. The quantitative estimate of drug-likeness (QED) is 0.754. The Morgan fingerprint density at radius 1 is 1.26 bits per heavy atom. The lowest BCUT2D eigenvalue weighted by atomic mass is 10.2. The number of fused-ring (bicyclic) bond motifs is 1. The van der Waals surface area contributed by atoms with Crippen LogP contribution in [-0.2, 0) is 10.0 Å². The molecule has 0 radical (unpaired) electrons. The van der Waals surface area contributed by atoms with Gasteiger partial charge in [0.1, 0.15) is 17.4 Å². The monoisotopic (exact) mass is 333 g/mol. The number of nitriles is 1. The Labute approximate surface area is 130 Å². The number of hydrogen-bond acceptors (Lipinski definition) is 6. The van der Waals surface area contributed by atoms with Gasteiger partial charge >= 0.3 is 5.76 Å². The lowest BCUT2D eigenvalue weighted by Gasteiger charge is -2.05. The molecule has 0 unspecified atom stereocenters. The summed E-state index contributed by atoms with van der Waals surface area (Å²) in [5, 5.41) is 9.13. The van der Waals surface area contributed by atoms with Crippen molar-refractivity contribution in [2.45, 2.75) is 18.7 Å². The number of benzene rings is 1. The van der Waals surface area contributed by atoms with Crippen LogP contribution in [0.5, 0.6) is 0 Å². The molecule has 0 bridgehead atoms. The number of oxazole rings is 1. The molecule has 0 saturated heterocycles. The van der Waals surface area contributed by atoms with E-state index < -0.39 is 15.8 Å². The van der Waals surface area contributed by atoms with Gasteiger partial charge < -0.3 is 8.83 Å². The summed E-state index contributed by atoms with van der Waals surface area (Å²) in [6.07, 6.45) is 0. The van der Waals surface area contributed by atoms with Gasteiger partial charge in [-0.15, -0.1) is 0 Å². The fourth-order valence-electron chi connectivity index (χ4n) is 2.11. The lowest BCUT2D eigenvalue weighted by molar-refractivity contribution is 0.545. The summed E-state index contributed by atoms with van der Waals surface area (Å²) in [6, 6.07) is 5.84. The third kappa shape index (κ3) is 2.49. The van der Waals surface area contributed by atoms with Crippen LogP contribution in [0.25, 0.3) is 11.1 Å². The van der Waals surface area contributed by atoms with E-state index in [0.29, 0.717) is 16.8 Å². The number of nitrogens with one attached hydrogen (secondary N) is 2. The molecule has 3 aromatic rings. The Morgan fingerprint density at radius 3 is 2.70 bits per heavy atom. The molecule has 0 aliphatic heterocycles. The minimum Gasteiger partial charge on any atom is -0.443 e. The normalized spacial score (nSPS) is 11.5. The van der Waals surface area contributed by atoms with Gasteiger partial charge in [0.25, 0.3) is 10.0 Å². The maximum Gasteiger partial charge on any atom is 0.417 e.